The molecule has 0 fully saturated rings. The van der Waals surface area contributed by atoms with Crippen LogP contribution in [-0.2, 0) is 0 Å². The Morgan fingerprint density at radius 3 is 2.50 bits per heavy atom. The van der Waals surface area contributed by atoms with Gasteiger partial charge >= 0.3 is 0 Å². The van der Waals surface area contributed by atoms with E-state index in [1.807, 2.05) is 0 Å². The molecule has 0 nitrogen and oxygen atoms in total. The molecule has 0 N–H and O–H groups in total. The van der Waals surface area contributed by atoms with Crippen LogP contribution in [0.5, 0.6) is 0 Å². The van der Waals surface area contributed by atoms with Crippen LogP contribution in [0.1, 0.15) is 0 Å². The minimum Gasteiger partial charge on any atom is -0.150 e. The average molecular weight is 110 g/mol. The van der Waals surface area contributed by atoms with E-state index in [0.717, 1.165) is 10.2 Å². The maximum Gasteiger partial charge on any atom is 0.186 e. The molecule has 0 heterocycles. The van der Waals surface area contributed by atoms with Gasteiger partial charge in [-0.1, -0.05) is 0 Å². The zero-order chi connectivity index (χ0) is 4.83. The van der Waals surface area contributed by atoms with Gasteiger partial charge in [-0.25, -0.2) is 0 Å². The van der Waals surface area contributed by atoms with Gasteiger partial charge in [0.1, 0.15) is 0 Å². The van der Waals surface area contributed by atoms with E-state index in [-0.39, 0.29) is 9.52 Å². The Bertz CT molecular complexity index is 110. The molecule has 0 aliphatic heterocycles. The molecule has 0 saturated carbocycles. The summed E-state index contributed by atoms with van der Waals surface area (Å²) in [5, 5.41) is 0. The van der Waals surface area contributed by atoms with E-state index in [4.69, 9.17) is 6.42 Å². The fraction of sp³-hybridized carbons (Fsp3) is 0. The Hall–Kier alpha value is -0.446. The van der Waals surface area contributed by atoms with Crippen molar-refractivity contribution in [3.8, 4) is 23.1 Å². The van der Waals surface area contributed by atoms with E-state index in [0.29, 0.717) is 0 Å². The van der Waals surface area contributed by atoms with Gasteiger partial charge in [0.2, 0.25) is 0 Å². The van der Waals surface area contributed by atoms with Crippen molar-refractivity contribution < 1.29 is 0 Å². The van der Waals surface area contributed by atoms with E-state index in [9.17, 15) is 0 Å². The minimum atomic E-state index is -0.377. The summed E-state index contributed by atoms with van der Waals surface area (Å²) in [6.07, 6.45) is 4.94. The maximum atomic E-state index is 4.94. The molecule has 0 aromatic rings. The highest BCUT2D eigenvalue weighted by atomic mass is 28.2. The summed E-state index contributed by atoms with van der Waals surface area (Å²) in [4.78, 5) is 0. The Morgan fingerprint density at radius 2 is 2.33 bits per heavy atom. The average Bonchev–Trinajstić information content (AvgIpc) is 1.61. The molecule has 0 unspecified atom stereocenters. The van der Waals surface area contributed by atoms with Crippen LogP contribution in [0.25, 0.3) is 0 Å². The van der Waals surface area contributed by atoms with Crippen molar-refractivity contribution in [2.75, 3.05) is 0 Å². The van der Waals surface area contributed by atoms with E-state index in [1.54, 1.807) is 0 Å². The van der Waals surface area contributed by atoms with E-state index in [1.165, 1.54) is 0 Å². The van der Waals surface area contributed by atoms with Gasteiger partial charge in [0.25, 0.3) is 0 Å². The van der Waals surface area contributed by atoms with Gasteiger partial charge < -0.3 is 0 Å². The molecule has 6 heavy (non-hydrogen) atoms. The molecule has 0 atom stereocenters. The fourth-order valence-corrected chi connectivity index (χ4v) is 0.949. The lowest BCUT2D eigenvalue weighted by Gasteiger charge is -1.58. The summed E-state index contributed by atoms with van der Waals surface area (Å²) in [7, 11) is 0.604. The molecular formula is C4H6Si2. The maximum absolute atomic E-state index is 4.94. The van der Waals surface area contributed by atoms with Crippen molar-refractivity contribution in [3.63, 3.8) is 0 Å². The normalized spacial score (nSPS) is 7.17. The van der Waals surface area contributed by atoms with Gasteiger partial charge in [-0.05, 0) is 0 Å². The van der Waals surface area contributed by atoms with Crippen LogP contribution in [0.4, 0.5) is 0 Å². The van der Waals surface area contributed by atoms with E-state index >= 15 is 0 Å². The first-order valence-corrected chi connectivity index (χ1v) is 4.16. The Morgan fingerprint density at radius 1 is 1.67 bits per heavy atom. The van der Waals surface area contributed by atoms with Crippen LogP contribution in [0.15, 0.2) is 0 Å². The van der Waals surface area contributed by atoms with Gasteiger partial charge in [0.05, 0.1) is 10.2 Å². The molecule has 0 radical (unpaired) electrons. The third-order valence-corrected chi connectivity index (χ3v) is 2.16. The zero-order valence-electron chi connectivity index (χ0n) is 3.78. The van der Waals surface area contributed by atoms with Crippen LogP contribution in [0, 0.1) is 23.1 Å². The first-order chi connectivity index (χ1) is 2.91. The molecule has 0 aliphatic carbocycles. The number of terminal acetylenes is 1. The Balaban J connectivity index is 3.07. The lowest BCUT2D eigenvalue weighted by Crippen LogP contribution is -1.74. The second-order valence-electron chi connectivity index (χ2n) is 0.808. The van der Waals surface area contributed by atoms with E-state index in [2.05, 4.69) is 16.6 Å². The van der Waals surface area contributed by atoms with E-state index < -0.39 is 0 Å². The van der Waals surface area contributed by atoms with Crippen molar-refractivity contribution in [1.82, 2.24) is 0 Å². The fourth-order valence-electron chi connectivity index (χ4n) is 0.139. The van der Waals surface area contributed by atoms with Crippen LogP contribution < -0.4 is 0 Å². The lowest BCUT2D eigenvalue weighted by molar-refractivity contribution is 2.82. The van der Waals surface area contributed by atoms with Gasteiger partial charge in [0, 0.05) is 0 Å². The van der Waals surface area contributed by atoms with Crippen LogP contribution in [0.3, 0.4) is 0 Å². The van der Waals surface area contributed by atoms with Crippen LogP contribution >= 0.6 is 0 Å². The Labute approximate surface area is 43.6 Å². The summed E-state index contributed by atoms with van der Waals surface area (Å²) >= 11 is 0. The van der Waals surface area contributed by atoms with Gasteiger partial charge in [-0.2, -0.15) is 5.54 Å². The van der Waals surface area contributed by atoms with Gasteiger partial charge in [0.15, 0.2) is 9.52 Å². The zero-order valence-corrected chi connectivity index (χ0v) is 7.20. The topological polar surface area (TPSA) is 0 Å². The molecule has 0 spiro atoms. The van der Waals surface area contributed by atoms with Crippen molar-refractivity contribution in [2.45, 2.75) is 0 Å². The third-order valence-electron chi connectivity index (χ3n) is 0.367. The molecule has 0 amide bonds. The first kappa shape index (κ1) is 5.55. The standard InChI is InChI=1S/C4H6Si2/c1-2-6-4-3-5/h1H,6H2,5H3. The van der Waals surface area contributed by atoms with Crippen LogP contribution in [-0.4, -0.2) is 19.8 Å². The summed E-state index contributed by atoms with van der Waals surface area (Å²) in [6.45, 7) is 0. The predicted molar refractivity (Wildman–Crippen MR) is 35.1 cm³/mol. The van der Waals surface area contributed by atoms with Gasteiger partial charge in [-0.3, -0.25) is 0 Å². The largest absolute Gasteiger partial charge is 0.186 e. The highest BCUT2D eigenvalue weighted by molar-refractivity contribution is 6.56. The molecule has 0 aromatic heterocycles. The smallest absolute Gasteiger partial charge is 0.150 e. The molecule has 0 bridgehead atoms. The summed E-state index contributed by atoms with van der Waals surface area (Å²) in [5.74, 6) is 0. The number of rotatable bonds is 0. The van der Waals surface area contributed by atoms with Gasteiger partial charge in [-0.15, -0.1) is 17.5 Å². The van der Waals surface area contributed by atoms with Crippen molar-refractivity contribution in [1.29, 1.82) is 0 Å². The first-order valence-electron chi connectivity index (χ1n) is 1.75. The third kappa shape index (κ3) is 3.55. The molecule has 2 heteroatoms. The second kappa shape index (κ2) is 4.55. The Kier molecular flexibility index (Phi) is 4.22. The molecule has 0 rings (SSSR count). The minimum absolute atomic E-state index is 0.377. The van der Waals surface area contributed by atoms with Crippen LogP contribution in [0.2, 0.25) is 0 Å². The van der Waals surface area contributed by atoms with Crippen molar-refractivity contribution in [2.24, 2.45) is 0 Å². The summed E-state index contributed by atoms with van der Waals surface area (Å²) in [5.41, 5.74) is 8.35. The molecule has 0 saturated heterocycles. The molecular weight excluding hydrogens is 104 g/mol. The predicted octanol–water partition coefficient (Wildman–Crippen LogP) is -1.97. The SMILES string of the molecule is C#C[SiH2]C#C[SiH3]. The second-order valence-corrected chi connectivity index (χ2v) is 2.42. The number of hydrogen-bond donors (Lipinski definition) is 0. The van der Waals surface area contributed by atoms with Crippen molar-refractivity contribution in [3.05, 3.63) is 0 Å². The number of hydrogen-bond acceptors (Lipinski definition) is 0. The highest BCUT2D eigenvalue weighted by Gasteiger charge is 1.57. The summed E-state index contributed by atoms with van der Waals surface area (Å²) in [6, 6.07) is 0. The highest BCUT2D eigenvalue weighted by Crippen LogP contribution is 1.43. The lowest BCUT2D eigenvalue weighted by atomic mass is 11.4. The molecule has 30 valence electrons. The summed E-state index contributed by atoms with van der Waals surface area (Å²) < 4.78 is 0. The molecule has 0 aliphatic rings. The monoisotopic (exact) mass is 110 g/mol. The molecule has 0 aromatic carbocycles. The van der Waals surface area contributed by atoms with Crippen molar-refractivity contribution >= 4 is 19.8 Å². The quantitative estimate of drug-likeness (QED) is 0.251.